The van der Waals surface area contributed by atoms with Crippen molar-refractivity contribution in [1.82, 2.24) is 10.1 Å². The van der Waals surface area contributed by atoms with E-state index in [1.165, 1.54) is 6.26 Å². The maximum Gasteiger partial charge on any atom is 0.379 e. The number of nitrogens with zero attached hydrogens (tertiary/aromatic N) is 2. The van der Waals surface area contributed by atoms with Crippen LogP contribution >= 0.6 is 0 Å². The highest BCUT2D eigenvalue weighted by Crippen LogP contribution is 2.29. The molecule has 0 amide bonds. The van der Waals surface area contributed by atoms with E-state index >= 15 is 0 Å². The van der Waals surface area contributed by atoms with Crippen LogP contribution in [0, 0.1) is 0 Å². The lowest BCUT2D eigenvalue weighted by Gasteiger charge is -1.93. The van der Waals surface area contributed by atoms with Gasteiger partial charge in [-0.05, 0) is 18.1 Å². The Kier molecular flexibility index (Phi) is 2.75. The molecular weight excluding hydrogens is 248 g/mol. The summed E-state index contributed by atoms with van der Waals surface area (Å²) in [6, 6.07) is 7.46. The van der Waals surface area contributed by atoms with Crippen LogP contribution in [0.4, 0.5) is 0 Å². The maximum atomic E-state index is 11.5. The highest BCUT2D eigenvalue weighted by atomic mass is 16.5. The van der Waals surface area contributed by atoms with Crippen LogP contribution in [-0.2, 0) is 4.74 Å². The van der Waals surface area contributed by atoms with Gasteiger partial charge in [0.2, 0.25) is 0 Å². The minimum atomic E-state index is -0.606. The molecule has 0 fully saturated rings. The highest BCUT2D eigenvalue weighted by molar-refractivity contribution is 5.92. The number of furan rings is 1. The summed E-state index contributed by atoms with van der Waals surface area (Å²) in [5.41, 5.74) is 1.37. The van der Waals surface area contributed by atoms with Crippen LogP contribution in [0.15, 0.2) is 39.5 Å². The summed E-state index contributed by atoms with van der Waals surface area (Å²) >= 11 is 0. The second kappa shape index (κ2) is 4.56. The molecule has 19 heavy (non-hydrogen) atoms. The van der Waals surface area contributed by atoms with Gasteiger partial charge in [-0.25, -0.2) is 4.79 Å². The molecule has 0 saturated heterocycles. The molecule has 96 valence electrons. The molecular formula is C13H10N2O4. The van der Waals surface area contributed by atoms with Gasteiger partial charge in [-0.2, -0.15) is 4.98 Å². The van der Waals surface area contributed by atoms with Crippen molar-refractivity contribution in [3.05, 3.63) is 36.4 Å². The quantitative estimate of drug-likeness (QED) is 0.672. The average molecular weight is 258 g/mol. The van der Waals surface area contributed by atoms with E-state index < -0.39 is 5.97 Å². The predicted octanol–water partition coefficient (Wildman–Crippen LogP) is 2.66. The molecule has 6 heteroatoms. The van der Waals surface area contributed by atoms with Crippen molar-refractivity contribution in [3.8, 4) is 11.5 Å². The standard InChI is InChI=1S/C13H10N2O4/c1-2-17-13(16)11-14-12(19-15-11)9-7-18-10-6-4-3-5-8(9)10/h3-7H,2H2,1H3. The molecule has 2 aromatic heterocycles. The number of fused-ring (bicyclic) bond motifs is 1. The molecule has 1 aromatic carbocycles. The van der Waals surface area contributed by atoms with Crippen molar-refractivity contribution in [2.24, 2.45) is 0 Å². The molecule has 0 aliphatic carbocycles. The number of para-hydroxylation sites is 1. The molecule has 0 atom stereocenters. The smallest absolute Gasteiger partial charge is 0.379 e. The molecule has 0 bridgehead atoms. The van der Waals surface area contributed by atoms with Gasteiger partial charge in [-0.1, -0.05) is 18.2 Å². The van der Waals surface area contributed by atoms with E-state index in [9.17, 15) is 4.79 Å². The van der Waals surface area contributed by atoms with E-state index in [-0.39, 0.29) is 18.3 Å². The van der Waals surface area contributed by atoms with Crippen LogP contribution in [0.2, 0.25) is 0 Å². The molecule has 3 aromatic rings. The van der Waals surface area contributed by atoms with Gasteiger partial charge in [-0.3, -0.25) is 0 Å². The van der Waals surface area contributed by atoms with Crippen LogP contribution in [0.1, 0.15) is 17.5 Å². The lowest BCUT2D eigenvalue weighted by Crippen LogP contribution is -2.06. The highest BCUT2D eigenvalue weighted by Gasteiger charge is 2.19. The van der Waals surface area contributed by atoms with Crippen molar-refractivity contribution >= 4 is 16.9 Å². The van der Waals surface area contributed by atoms with Gasteiger partial charge >= 0.3 is 5.97 Å². The fourth-order valence-corrected chi connectivity index (χ4v) is 1.75. The minimum absolute atomic E-state index is 0.0952. The maximum absolute atomic E-state index is 11.5. The molecule has 0 unspecified atom stereocenters. The van der Waals surface area contributed by atoms with Crippen molar-refractivity contribution in [1.29, 1.82) is 0 Å². The Hall–Kier alpha value is -2.63. The molecule has 0 N–H and O–H groups in total. The van der Waals surface area contributed by atoms with Gasteiger partial charge in [0, 0.05) is 5.39 Å². The Morgan fingerprint density at radius 3 is 3.05 bits per heavy atom. The van der Waals surface area contributed by atoms with Crippen LogP contribution in [0.5, 0.6) is 0 Å². The van der Waals surface area contributed by atoms with Gasteiger partial charge in [0.15, 0.2) is 0 Å². The first kappa shape index (κ1) is 11.5. The Balaban J connectivity index is 2.01. The third kappa shape index (κ3) is 1.97. The summed E-state index contributed by atoms with van der Waals surface area (Å²) in [6.07, 6.45) is 1.52. The lowest BCUT2D eigenvalue weighted by atomic mass is 10.2. The van der Waals surface area contributed by atoms with E-state index in [1.54, 1.807) is 6.92 Å². The van der Waals surface area contributed by atoms with Crippen molar-refractivity contribution in [2.75, 3.05) is 6.61 Å². The fraction of sp³-hybridized carbons (Fsp3) is 0.154. The van der Waals surface area contributed by atoms with Crippen molar-refractivity contribution < 1.29 is 18.5 Å². The lowest BCUT2D eigenvalue weighted by molar-refractivity contribution is 0.0508. The molecule has 0 spiro atoms. The number of benzene rings is 1. The fourth-order valence-electron chi connectivity index (χ4n) is 1.75. The van der Waals surface area contributed by atoms with Gasteiger partial charge in [0.25, 0.3) is 11.7 Å². The van der Waals surface area contributed by atoms with Crippen LogP contribution in [0.25, 0.3) is 22.4 Å². The van der Waals surface area contributed by atoms with Crippen LogP contribution in [-0.4, -0.2) is 22.7 Å². The second-order valence-electron chi connectivity index (χ2n) is 3.79. The Labute approximate surface area is 108 Å². The zero-order chi connectivity index (χ0) is 13.2. The van der Waals surface area contributed by atoms with Crippen LogP contribution in [0.3, 0.4) is 0 Å². The molecule has 6 nitrogen and oxygen atoms in total. The third-order valence-electron chi connectivity index (χ3n) is 2.60. The molecule has 3 rings (SSSR count). The monoisotopic (exact) mass is 258 g/mol. The Morgan fingerprint density at radius 1 is 1.37 bits per heavy atom. The first-order chi connectivity index (χ1) is 9.29. The topological polar surface area (TPSA) is 78.4 Å². The summed E-state index contributed by atoms with van der Waals surface area (Å²) < 4.78 is 15.2. The minimum Gasteiger partial charge on any atom is -0.463 e. The zero-order valence-corrected chi connectivity index (χ0v) is 10.1. The second-order valence-corrected chi connectivity index (χ2v) is 3.79. The van der Waals surface area contributed by atoms with E-state index in [1.807, 2.05) is 24.3 Å². The Bertz CT molecular complexity index is 729. The summed E-state index contributed by atoms with van der Waals surface area (Å²) in [4.78, 5) is 15.5. The summed E-state index contributed by atoms with van der Waals surface area (Å²) in [5, 5.41) is 4.44. The number of hydrogen-bond donors (Lipinski definition) is 0. The van der Waals surface area contributed by atoms with Gasteiger partial charge < -0.3 is 13.7 Å². The van der Waals surface area contributed by atoms with Crippen LogP contribution < -0.4 is 0 Å². The normalized spacial score (nSPS) is 10.8. The number of carbonyl (C=O) groups is 1. The largest absolute Gasteiger partial charge is 0.463 e. The molecule has 0 aliphatic rings. The number of esters is 1. The third-order valence-corrected chi connectivity index (χ3v) is 2.60. The van der Waals surface area contributed by atoms with Gasteiger partial charge in [0.05, 0.1) is 12.2 Å². The summed E-state index contributed by atoms with van der Waals surface area (Å²) in [7, 11) is 0. The molecule has 0 radical (unpaired) electrons. The van der Waals surface area contributed by atoms with Crippen molar-refractivity contribution in [2.45, 2.75) is 6.92 Å². The number of rotatable bonds is 3. The molecule has 0 saturated carbocycles. The average Bonchev–Trinajstić information content (AvgIpc) is 3.05. The molecule has 0 aliphatic heterocycles. The van der Waals surface area contributed by atoms with E-state index in [4.69, 9.17) is 13.7 Å². The van der Waals surface area contributed by atoms with Gasteiger partial charge in [0.1, 0.15) is 11.8 Å². The van der Waals surface area contributed by atoms with E-state index in [2.05, 4.69) is 10.1 Å². The summed E-state index contributed by atoms with van der Waals surface area (Å²) in [6.45, 7) is 1.97. The first-order valence-corrected chi connectivity index (χ1v) is 5.77. The number of carbonyl (C=O) groups excluding carboxylic acids is 1. The predicted molar refractivity (Wildman–Crippen MR) is 65.5 cm³/mol. The first-order valence-electron chi connectivity index (χ1n) is 5.77. The van der Waals surface area contributed by atoms with Crippen molar-refractivity contribution in [3.63, 3.8) is 0 Å². The zero-order valence-electron chi connectivity index (χ0n) is 10.1. The SMILES string of the molecule is CCOC(=O)c1noc(-c2coc3ccccc23)n1. The number of ether oxygens (including phenoxy) is 1. The van der Waals surface area contributed by atoms with E-state index in [0.29, 0.717) is 11.1 Å². The number of hydrogen-bond acceptors (Lipinski definition) is 6. The number of aromatic nitrogens is 2. The summed E-state index contributed by atoms with van der Waals surface area (Å²) in [5.74, 6) is -0.472. The Morgan fingerprint density at radius 2 is 2.21 bits per heavy atom. The van der Waals surface area contributed by atoms with E-state index in [0.717, 1.165) is 5.39 Å². The van der Waals surface area contributed by atoms with Gasteiger partial charge in [-0.15, -0.1) is 0 Å². The molecule has 2 heterocycles.